The lowest BCUT2D eigenvalue weighted by Crippen LogP contribution is -2.53. The Bertz CT molecular complexity index is 833. The Kier molecular flexibility index (Phi) is 7.85. The van der Waals surface area contributed by atoms with E-state index in [0.29, 0.717) is 44.9 Å². The highest BCUT2D eigenvalue weighted by atomic mass is 16.5. The van der Waals surface area contributed by atoms with Crippen LogP contribution in [0.15, 0.2) is 54.6 Å². The van der Waals surface area contributed by atoms with E-state index < -0.39 is 6.10 Å². The second-order valence-electron chi connectivity index (χ2n) is 7.49. The fraction of sp³-hybridized carbons (Fsp3) is 0.417. The molecule has 2 aromatic rings. The highest BCUT2D eigenvalue weighted by Gasteiger charge is 2.28. The largest absolute Gasteiger partial charge is 0.481 e. The average Bonchev–Trinajstić information content (AvgIpc) is 2.78. The molecule has 6 heteroatoms. The van der Waals surface area contributed by atoms with Crippen LogP contribution in [0.25, 0.3) is 0 Å². The van der Waals surface area contributed by atoms with Crippen LogP contribution in [0.3, 0.4) is 0 Å². The molecule has 0 unspecified atom stereocenters. The number of nitrogens with zero attached hydrogens (tertiary/aromatic N) is 2. The van der Waals surface area contributed by atoms with Gasteiger partial charge in [0.05, 0.1) is 6.54 Å². The molecule has 0 radical (unpaired) electrons. The molecule has 2 aromatic carbocycles. The standard InChI is InChI=1S/C24H31N3O3/c1-3-19-10-8-9-13-21(19)25-23(28)18-26-14-16-27(17-15-26)24(29)22(4-2)30-20-11-6-5-7-12-20/h5-13,22H,3-4,14-18H2,1-2H3,(H,25,28)/t22-/m1/s1. The number of piperazine rings is 1. The topological polar surface area (TPSA) is 61.9 Å². The molecular weight excluding hydrogens is 378 g/mol. The summed E-state index contributed by atoms with van der Waals surface area (Å²) in [4.78, 5) is 29.3. The lowest BCUT2D eigenvalue weighted by Gasteiger charge is -2.36. The van der Waals surface area contributed by atoms with Gasteiger partial charge in [-0.15, -0.1) is 0 Å². The molecule has 0 bridgehead atoms. The molecule has 1 fully saturated rings. The van der Waals surface area contributed by atoms with E-state index in [4.69, 9.17) is 4.74 Å². The number of anilines is 1. The molecule has 30 heavy (non-hydrogen) atoms. The number of aryl methyl sites for hydroxylation is 1. The maximum absolute atomic E-state index is 12.9. The van der Waals surface area contributed by atoms with E-state index in [9.17, 15) is 9.59 Å². The first kappa shape index (κ1) is 21.8. The molecule has 1 N–H and O–H groups in total. The molecule has 1 aliphatic heterocycles. The van der Waals surface area contributed by atoms with Crippen LogP contribution in [0.2, 0.25) is 0 Å². The highest BCUT2D eigenvalue weighted by molar-refractivity contribution is 5.93. The van der Waals surface area contributed by atoms with Crippen molar-refractivity contribution < 1.29 is 14.3 Å². The molecular formula is C24H31N3O3. The minimum absolute atomic E-state index is 0.0160. The van der Waals surface area contributed by atoms with Crippen LogP contribution in [0, 0.1) is 0 Å². The number of carbonyl (C=O) groups is 2. The van der Waals surface area contributed by atoms with Gasteiger partial charge in [0.25, 0.3) is 5.91 Å². The van der Waals surface area contributed by atoms with Crippen LogP contribution >= 0.6 is 0 Å². The van der Waals surface area contributed by atoms with Crippen molar-refractivity contribution in [3.63, 3.8) is 0 Å². The number of nitrogens with one attached hydrogen (secondary N) is 1. The highest BCUT2D eigenvalue weighted by Crippen LogP contribution is 2.17. The molecule has 2 amide bonds. The van der Waals surface area contributed by atoms with Gasteiger partial charge in [0.2, 0.25) is 5.91 Å². The summed E-state index contributed by atoms with van der Waals surface area (Å²) in [6.45, 7) is 6.93. The molecule has 1 saturated heterocycles. The van der Waals surface area contributed by atoms with Crippen LogP contribution in [0.5, 0.6) is 5.75 Å². The lowest BCUT2D eigenvalue weighted by atomic mass is 10.1. The van der Waals surface area contributed by atoms with Gasteiger partial charge in [-0.2, -0.15) is 0 Å². The summed E-state index contributed by atoms with van der Waals surface area (Å²) in [6, 6.07) is 17.3. The van der Waals surface area contributed by atoms with Crippen LogP contribution < -0.4 is 10.1 Å². The van der Waals surface area contributed by atoms with Gasteiger partial charge in [-0.05, 0) is 36.6 Å². The first-order valence-electron chi connectivity index (χ1n) is 10.7. The van der Waals surface area contributed by atoms with E-state index in [-0.39, 0.29) is 11.8 Å². The Morgan fingerprint density at radius 3 is 2.30 bits per heavy atom. The first-order valence-corrected chi connectivity index (χ1v) is 10.7. The number of rotatable bonds is 8. The zero-order valence-electron chi connectivity index (χ0n) is 17.8. The van der Waals surface area contributed by atoms with E-state index in [0.717, 1.165) is 17.7 Å². The molecule has 0 aliphatic carbocycles. The summed E-state index contributed by atoms with van der Waals surface area (Å²) in [5, 5.41) is 3.02. The Morgan fingerprint density at radius 2 is 1.63 bits per heavy atom. The van der Waals surface area contributed by atoms with E-state index in [1.54, 1.807) is 0 Å². The second kappa shape index (κ2) is 10.8. The van der Waals surface area contributed by atoms with Gasteiger partial charge in [-0.3, -0.25) is 14.5 Å². The van der Waals surface area contributed by atoms with Gasteiger partial charge < -0.3 is 15.0 Å². The summed E-state index contributed by atoms with van der Waals surface area (Å²) in [7, 11) is 0. The summed E-state index contributed by atoms with van der Waals surface area (Å²) < 4.78 is 5.89. The molecule has 0 aromatic heterocycles. The van der Waals surface area contributed by atoms with Crippen molar-refractivity contribution in [1.29, 1.82) is 0 Å². The van der Waals surface area contributed by atoms with E-state index >= 15 is 0 Å². The predicted octanol–water partition coefficient (Wildman–Crippen LogP) is 3.19. The summed E-state index contributed by atoms with van der Waals surface area (Å²) in [5.41, 5.74) is 2.01. The van der Waals surface area contributed by atoms with Crippen molar-refractivity contribution in [1.82, 2.24) is 9.80 Å². The number of para-hydroxylation sites is 2. The average molecular weight is 410 g/mol. The van der Waals surface area contributed by atoms with Gasteiger partial charge >= 0.3 is 0 Å². The third kappa shape index (κ3) is 5.83. The van der Waals surface area contributed by atoms with Crippen molar-refractivity contribution in [2.24, 2.45) is 0 Å². The smallest absolute Gasteiger partial charge is 0.263 e. The number of amides is 2. The van der Waals surface area contributed by atoms with Gasteiger partial charge in [0.15, 0.2) is 6.10 Å². The van der Waals surface area contributed by atoms with E-state index in [2.05, 4.69) is 17.1 Å². The number of ether oxygens (including phenoxy) is 1. The third-order valence-electron chi connectivity index (χ3n) is 5.39. The quantitative estimate of drug-likeness (QED) is 0.727. The predicted molar refractivity (Wildman–Crippen MR) is 119 cm³/mol. The third-order valence-corrected chi connectivity index (χ3v) is 5.39. The number of benzene rings is 2. The monoisotopic (exact) mass is 409 g/mol. The fourth-order valence-corrected chi connectivity index (χ4v) is 3.65. The summed E-state index contributed by atoms with van der Waals surface area (Å²) in [5.74, 6) is 0.706. The van der Waals surface area contributed by atoms with Crippen LogP contribution in [-0.4, -0.2) is 60.4 Å². The summed E-state index contributed by atoms with van der Waals surface area (Å²) in [6.07, 6.45) is 1.02. The Balaban J connectivity index is 1.47. The maximum Gasteiger partial charge on any atom is 0.263 e. The van der Waals surface area contributed by atoms with Crippen LogP contribution in [0.4, 0.5) is 5.69 Å². The first-order chi connectivity index (χ1) is 14.6. The van der Waals surface area contributed by atoms with Crippen LogP contribution in [-0.2, 0) is 16.0 Å². The SMILES string of the molecule is CCc1ccccc1NC(=O)CN1CCN(C(=O)[C@@H](CC)Oc2ccccc2)CC1. The lowest BCUT2D eigenvalue weighted by molar-refractivity contribution is -0.140. The molecule has 1 heterocycles. The molecule has 3 rings (SSSR count). The Morgan fingerprint density at radius 1 is 0.967 bits per heavy atom. The number of hydrogen-bond donors (Lipinski definition) is 1. The minimum Gasteiger partial charge on any atom is -0.481 e. The Labute approximate surface area is 178 Å². The second-order valence-corrected chi connectivity index (χ2v) is 7.49. The van der Waals surface area contributed by atoms with Crippen molar-refractivity contribution in [2.75, 3.05) is 38.0 Å². The maximum atomic E-state index is 12.9. The van der Waals surface area contributed by atoms with Crippen molar-refractivity contribution >= 4 is 17.5 Å². The van der Waals surface area contributed by atoms with Crippen LogP contribution in [0.1, 0.15) is 25.8 Å². The van der Waals surface area contributed by atoms with Crippen molar-refractivity contribution in [3.05, 3.63) is 60.2 Å². The van der Waals surface area contributed by atoms with Gasteiger partial charge in [0, 0.05) is 31.9 Å². The molecule has 0 spiro atoms. The molecule has 160 valence electrons. The number of hydrogen-bond acceptors (Lipinski definition) is 4. The van der Waals surface area contributed by atoms with E-state index in [1.807, 2.05) is 66.4 Å². The molecule has 1 aliphatic rings. The Hall–Kier alpha value is -2.86. The summed E-state index contributed by atoms with van der Waals surface area (Å²) >= 11 is 0. The zero-order chi connectivity index (χ0) is 21.3. The molecule has 6 nitrogen and oxygen atoms in total. The van der Waals surface area contributed by atoms with Gasteiger partial charge in [-0.1, -0.05) is 50.2 Å². The van der Waals surface area contributed by atoms with Gasteiger partial charge in [0.1, 0.15) is 5.75 Å². The molecule has 0 saturated carbocycles. The molecule has 1 atom stereocenters. The van der Waals surface area contributed by atoms with Gasteiger partial charge in [-0.25, -0.2) is 0 Å². The zero-order valence-corrected chi connectivity index (χ0v) is 17.8. The van der Waals surface area contributed by atoms with E-state index in [1.165, 1.54) is 0 Å². The fourth-order valence-electron chi connectivity index (χ4n) is 3.65. The normalized spacial score (nSPS) is 15.5. The number of carbonyl (C=O) groups excluding carboxylic acids is 2. The van der Waals surface area contributed by atoms with Crippen molar-refractivity contribution in [2.45, 2.75) is 32.8 Å². The minimum atomic E-state index is -0.479. The van der Waals surface area contributed by atoms with Crippen molar-refractivity contribution in [3.8, 4) is 5.75 Å².